The van der Waals surface area contributed by atoms with Gasteiger partial charge in [0.05, 0.1) is 7.11 Å². The molecular weight excluding hydrogens is 594 g/mol. The zero-order chi connectivity index (χ0) is 29.3. The monoisotopic (exact) mass is 605 g/mol. The average Bonchev–Trinajstić information content (AvgIpc) is 2.86. The number of ether oxygens (including phenoxy) is 1. The third-order valence-electron chi connectivity index (χ3n) is 4.60. The molecule has 0 fully saturated rings. The van der Waals surface area contributed by atoms with Crippen molar-refractivity contribution in [3.8, 4) is 11.5 Å². The van der Waals surface area contributed by atoms with Gasteiger partial charge in [0.1, 0.15) is 16.4 Å². The summed E-state index contributed by atoms with van der Waals surface area (Å²) in [5.41, 5.74) is -2.32. The summed E-state index contributed by atoms with van der Waals surface area (Å²) in [6.45, 7) is 0. The Hall–Kier alpha value is -3.93. The van der Waals surface area contributed by atoms with Crippen LogP contribution in [0.1, 0.15) is 5.56 Å². The van der Waals surface area contributed by atoms with Crippen LogP contribution >= 0.6 is 0 Å². The van der Waals surface area contributed by atoms with Gasteiger partial charge in [-0.3, -0.25) is 4.28 Å². The van der Waals surface area contributed by atoms with Gasteiger partial charge in [-0.1, -0.05) is 5.16 Å². The molecule has 0 amide bonds. The molecule has 8 nitrogen and oxygen atoms in total. The Morgan fingerprint density at radius 1 is 0.692 bits per heavy atom. The topological polar surface area (TPSA) is 108 Å². The third-order valence-corrected chi connectivity index (χ3v) is 6.99. The van der Waals surface area contributed by atoms with E-state index in [0.29, 0.717) is 24.3 Å². The van der Waals surface area contributed by atoms with E-state index in [9.17, 15) is 52.0 Å². The zero-order valence-electron chi connectivity index (χ0n) is 18.8. The van der Waals surface area contributed by atoms with Gasteiger partial charge in [-0.25, -0.2) is 22.0 Å². The molecule has 3 aromatic carbocycles. The van der Waals surface area contributed by atoms with E-state index in [4.69, 9.17) is 4.74 Å². The number of oxime groups is 1. The molecule has 18 heteroatoms. The van der Waals surface area contributed by atoms with Crippen molar-refractivity contribution in [3.05, 3.63) is 83.2 Å². The molecule has 0 radical (unpaired) electrons. The van der Waals surface area contributed by atoms with Crippen LogP contribution in [0, 0.1) is 29.1 Å². The van der Waals surface area contributed by atoms with Gasteiger partial charge in [-0.2, -0.15) is 30.0 Å². The molecule has 0 unspecified atom stereocenters. The van der Waals surface area contributed by atoms with Crippen molar-refractivity contribution >= 4 is 25.9 Å². The van der Waals surface area contributed by atoms with Crippen LogP contribution in [0.3, 0.4) is 0 Å². The number of hydrogen-bond acceptors (Lipinski definition) is 8. The standard InChI is InChI=1S/C21H11F8NO7S2/c1-35-11-4-2-10(3-5-11)20(21(27,28)29)30-37-38(31,32)13-8-6-12(7-9-13)36-39(33,34)19-17(25)15(23)14(22)16(24)18(19)26/h2-9H,1H3/b30-20-. The molecular formula is C21H11F8NO7S2. The van der Waals surface area contributed by atoms with E-state index in [-0.39, 0.29) is 5.75 Å². The number of alkyl halides is 3. The van der Waals surface area contributed by atoms with E-state index in [1.54, 1.807) is 0 Å². The number of nitrogens with zero attached hydrogens (tertiary/aromatic N) is 1. The molecule has 0 saturated heterocycles. The van der Waals surface area contributed by atoms with Crippen LogP contribution in [-0.4, -0.2) is 35.8 Å². The first-order valence-corrected chi connectivity index (χ1v) is 12.6. The number of methoxy groups -OCH3 is 1. The van der Waals surface area contributed by atoms with Crippen molar-refractivity contribution in [3.63, 3.8) is 0 Å². The summed E-state index contributed by atoms with van der Waals surface area (Å²) in [5, 5.41) is 2.68. The molecule has 3 aromatic rings. The van der Waals surface area contributed by atoms with Gasteiger partial charge in [-0.15, -0.1) is 0 Å². The first kappa shape index (κ1) is 29.6. The maximum absolute atomic E-state index is 13.8. The summed E-state index contributed by atoms with van der Waals surface area (Å²) in [6, 6.07) is 6.30. The quantitative estimate of drug-likeness (QED) is 0.0904. The molecule has 39 heavy (non-hydrogen) atoms. The summed E-state index contributed by atoms with van der Waals surface area (Å²) < 4.78 is 170. The number of rotatable bonds is 8. The Labute approximate surface area is 214 Å². The summed E-state index contributed by atoms with van der Waals surface area (Å²) in [5.74, 6) is -13.9. The van der Waals surface area contributed by atoms with Crippen LogP contribution in [0.5, 0.6) is 11.5 Å². The second kappa shape index (κ2) is 10.7. The van der Waals surface area contributed by atoms with Crippen molar-refractivity contribution < 1.29 is 65.2 Å². The minimum Gasteiger partial charge on any atom is -0.497 e. The smallest absolute Gasteiger partial charge is 0.437 e. The first-order chi connectivity index (χ1) is 18.0. The van der Waals surface area contributed by atoms with E-state index in [1.165, 1.54) is 7.11 Å². The van der Waals surface area contributed by atoms with Gasteiger partial charge in [0, 0.05) is 5.56 Å². The maximum Gasteiger partial charge on any atom is 0.437 e. The Morgan fingerprint density at radius 2 is 1.15 bits per heavy atom. The van der Waals surface area contributed by atoms with E-state index < -0.39 is 82.3 Å². The average molecular weight is 605 g/mol. The van der Waals surface area contributed by atoms with Crippen molar-refractivity contribution in [1.82, 2.24) is 0 Å². The molecule has 0 spiro atoms. The largest absolute Gasteiger partial charge is 0.497 e. The van der Waals surface area contributed by atoms with Crippen molar-refractivity contribution in [2.24, 2.45) is 5.16 Å². The summed E-state index contributed by atoms with van der Waals surface area (Å²) in [6.07, 6.45) is -5.17. The fraction of sp³-hybridized carbons (Fsp3) is 0.0952. The Bertz CT molecular complexity index is 1610. The van der Waals surface area contributed by atoms with E-state index in [1.807, 2.05) is 0 Å². The number of halogens is 8. The van der Waals surface area contributed by atoms with Gasteiger partial charge in [0.2, 0.25) is 5.82 Å². The van der Waals surface area contributed by atoms with Crippen LogP contribution in [-0.2, 0) is 24.5 Å². The lowest BCUT2D eigenvalue weighted by atomic mass is 10.1. The van der Waals surface area contributed by atoms with E-state index >= 15 is 0 Å². The Morgan fingerprint density at radius 3 is 1.62 bits per heavy atom. The summed E-state index contributed by atoms with van der Waals surface area (Å²) >= 11 is 0. The molecule has 0 aliphatic carbocycles. The van der Waals surface area contributed by atoms with Crippen LogP contribution < -0.4 is 8.92 Å². The maximum atomic E-state index is 13.8. The predicted octanol–water partition coefficient (Wildman–Crippen LogP) is 4.83. The fourth-order valence-electron chi connectivity index (χ4n) is 2.78. The highest BCUT2D eigenvalue weighted by molar-refractivity contribution is 7.87. The number of benzene rings is 3. The third kappa shape index (κ3) is 6.22. The minimum absolute atomic E-state index is 0.193. The predicted molar refractivity (Wildman–Crippen MR) is 114 cm³/mol. The van der Waals surface area contributed by atoms with E-state index in [2.05, 4.69) is 13.6 Å². The van der Waals surface area contributed by atoms with Gasteiger partial charge in [-0.05, 0) is 48.5 Å². The number of hydrogen-bond donors (Lipinski definition) is 0. The molecule has 0 atom stereocenters. The molecule has 0 heterocycles. The molecule has 0 aromatic heterocycles. The van der Waals surface area contributed by atoms with Crippen LogP contribution in [0.2, 0.25) is 0 Å². The van der Waals surface area contributed by atoms with Crippen molar-refractivity contribution in [1.29, 1.82) is 0 Å². The Balaban J connectivity index is 1.88. The summed E-state index contributed by atoms with van der Waals surface area (Å²) in [4.78, 5) is -3.20. The lowest BCUT2D eigenvalue weighted by Crippen LogP contribution is -2.25. The highest BCUT2D eigenvalue weighted by Crippen LogP contribution is 2.30. The fourth-order valence-corrected chi connectivity index (χ4v) is 4.57. The second-order valence-corrected chi connectivity index (χ2v) is 10.1. The van der Waals surface area contributed by atoms with Crippen LogP contribution in [0.15, 0.2) is 63.5 Å². The summed E-state index contributed by atoms with van der Waals surface area (Å²) in [7, 11) is -9.49. The van der Waals surface area contributed by atoms with Gasteiger partial charge < -0.3 is 8.92 Å². The molecule has 3 rings (SSSR count). The van der Waals surface area contributed by atoms with Crippen LogP contribution in [0.4, 0.5) is 35.1 Å². The molecule has 210 valence electrons. The SMILES string of the molecule is COc1ccc(/C(=N/OS(=O)(=O)c2ccc(OS(=O)(=O)c3c(F)c(F)c(F)c(F)c3F)cc2)C(F)(F)F)cc1. The highest BCUT2D eigenvalue weighted by Gasteiger charge is 2.39. The molecule has 0 bridgehead atoms. The van der Waals surface area contributed by atoms with Gasteiger partial charge >= 0.3 is 26.4 Å². The molecule has 0 aliphatic heterocycles. The van der Waals surface area contributed by atoms with E-state index in [0.717, 1.165) is 24.3 Å². The van der Waals surface area contributed by atoms with Gasteiger partial charge in [0.25, 0.3) is 0 Å². The van der Waals surface area contributed by atoms with Crippen LogP contribution in [0.25, 0.3) is 0 Å². The minimum atomic E-state index is -5.69. The highest BCUT2D eigenvalue weighted by atomic mass is 32.2. The lowest BCUT2D eigenvalue weighted by Gasteiger charge is -2.12. The van der Waals surface area contributed by atoms with Gasteiger partial charge in [0.15, 0.2) is 33.9 Å². The van der Waals surface area contributed by atoms with Crippen molar-refractivity contribution in [2.45, 2.75) is 16.0 Å². The second-order valence-electron chi connectivity index (χ2n) is 7.10. The molecule has 0 aliphatic rings. The Kier molecular flexibility index (Phi) is 8.11. The first-order valence-electron chi connectivity index (χ1n) is 9.79. The normalized spacial score (nSPS) is 12.8. The molecule has 0 saturated carbocycles. The zero-order valence-corrected chi connectivity index (χ0v) is 20.4. The molecule has 0 N–H and O–H groups in total. The lowest BCUT2D eigenvalue weighted by molar-refractivity contribution is -0.0597. The van der Waals surface area contributed by atoms with Crippen molar-refractivity contribution in [2.75, 3.05) is 7.11 Å².